The Hall–Kier alpha value is -0.860. The zero-order valence-electron chi connectivity index (χ0n) is 4.83. The van der Waals surface area contributed by atoms with Gasteiger partial charge in [-0.2, -0.15) is 0 Å². The highest BCUT2D eigenvalue weighted by atomic mass is 19.1. The van der Waals surface area contributed by atoms with E-state index in [-0.39, 0.29) is 5.71 Å². The maximum absolute atomic E-state index is 12.1. The van der Waals surface area contributed by atoms with Gasteiger partial charge in [-0.15, -0.1) is 0 Å². The molecule has 0 heterocycles. The molecule has 0 aliphatic carbocycles. The molecular formula is C5H8FNO. The number of nitrogens with one attached hydrogen (secondary N) is 1. The van der Waals surface area contributed by atoms with Crippen molar-refractivity contribution in [2.45, 2.75) is 13.8 Å². The number of hydrogen-bond acceptors (Lipinski definition) is 2. The van der Waals surface area contributed by atoms with Crippen molar-refractivity contribution in [1.29, 1.82) is 5.41 Å². The predicted octanol–water partition coefficient (Wildman–Crippen LogP) is 1.79. The Morgan fingerprint density at radius 2 is 1.88 bits per heavy atom. The summed E-state index contributed by atoms with van der Waals surface area (Å²) in [6.45, 7) is 2.47. The average molecular weight is 117 g/mol. The molecule has 3 heteroatoms. The Kier molecular flexibility index (Phi) is 2.19. The fourth-order valence-electron chi connectivity index (χ4n) is 0.271. The molecule has 0 aromatic carbocycles. The van der Waals surface area contributed by atoms with Crippen LogP contribution in [0.25, 0.3) is 0 Å². The van der Waals surface area contributed by atoms with Crippen molar-refractivity contribution >= 4 is 5.71 Å². The molecule has 0 radical (unpaired) electrons. The van der Waals surface area contributed by atoms with Gasteiger partial charge in [0, 0.05) is 0 Å². The summed E-state index contributed by atoms with van der Waals surface area (Å²) < 4.78 is 12.1. The van der Waals surface area contributed by atoms with E-state index in [1.54, 1.807) is 0 Å². The van der Waals surface area contributed by atoms with Crippen molar-refractivity contribution in [2.75, 3.05) is 0 Å². The van der Waals surface area contributed by atoms with Crippen LogP contribution in [0.3, 0.4) is 0 Å². The molecule has 0 bridgehead atoms. The average Bonchev–Trinajstić information content (AvgIpc) is 1.64. The summed E-state index contributed by atoms with van der Waals surface area (Å²) in [5, 5.41) is 15.0. The van der Waals surface area contributed by atoms with Gasteiger partial charge in [0.05, 0.1) is 5.71 Å². The molecule has 2 N–H and O–H groups in total. The third kappa shape index (κ3) is 1.73. The highest BCUT2D eigenvalue weighted by Crippen LogP contribution is 2.02. The van der Waals surface area contributed by atoms with Crippen LogP contribution in [0.1, 0.15) is 13.8 Å². The molecule has 0 spiro atoms. The molecule has 0 aromatic rings. The Bertz CT molecular complexity index is 135. The van der Waals surface area contributed by atoms with Crippen molar-refractivity contribution in [2.24, 2.45) is 0 Å². The first-order valence-corrected chi connectivity index (χ1v) is 2.16. The fraction of sp³-hybridized carbons (Fsp3) is 0.400. The first-order valence-electron chi connectivity index (χ1n) is 2.16. The number of aliphatic hydroxyl groups is 1. The van der Waals surface area contributed by atoms with Crippen LogP contribution in [0.4, 0.5) is 4.39 Å². The minimum atomic E-state index is -0.843. The number of aliphatic hydroxyl groups excluding tert-OH is 1. The van der Waals surface area contributed by atoms with Crippen LogP contribution in [-0.2, 0) is 0 Å². The highest BCUT2D eigenvalue weighted by molar-refractivity contribution is 5.93. The number of allylic oxidation sites excluding steroid dienone is 2. The van der Waals surface area contributed by atoms with Crippen molar-refractivity contribution in [3.63, 3.8) is 0 Å². The SMILES string of the molecule is CC(=N)/C(F)=C(/C)O. The Balaban J connectivity index is 4.23. The van der Waals surface area contributed by atoms with E-state index in [1.807, 2.05) is 0 Å². The highest BCUT2D eigenvalue weighted by Gasteiger charge is 1.99. The van der Waals surface area contributed by atoms with E-state index in [0.29, 0.717) is 0 Å². The van der Waals surface area contributed by atoms with E-state index in [0.717, 1.165) is 0 Å². The lowest BCUT2D eigenvalue weighted by molar-refractivity contribution is 0.391. The first kappa shape index (κ1) is 7.14. The molecule has 0 atom stereocenters. The largest absolute Gasteiger partial charge is 0.509 e. The molecular weight excluding hydrogens is 109 g/mol. The Morgan fingerprint density at radius 1 is 1.50 bits per heavy atom. The maximum Gasteiger partial charge on any atom is 0.180 e. The van der Waals surface area contributed by atoms with Gasteiger partial charge in [0.1, 0.15) is 5.76 Å². The lowest BCUT2D eigenvalue weighted by atomic mass is 10.3. The first-order chi connectivity index (χ1) is 3.55. The molecule has 0 aliphatic heterocycles. The quantitative estimate of drug-likeness (QED) is 0.399. The van der Waals surface area contributed by atoms with Gasteiger partial charge in [0.15, 0.2) is 5.83 Å². The van der Waals surface area contributed by atoms with Crippen molar-refractivity contribution in [3.05, 3.63) is 11.6 Å². The van der Waals surface area contributed by atoms with Gasteiger partial charge in [-0.1, -0.05) is 0 Å². The summed E-state index contributed by atoms with van der Waals surface area (Å²) in [4.78, 5) is 0. The van der Waals surface area contributed by atoms with Gasteiger partial charge in [-0.3, -0.25) is 0 Å². The summed E-state index contributed by atoms with van der Waals surface area (Å²) in [5.41, 5.74) is -0.245. The van der Waals surface area contributed by atoms with E-state index in [2.05, 4.69) is 0 Å². The molecule has 0 saturated carbocycles. The van der Waals surface area contributed by atoms with Gasteiger partial charge in [0.25, 0.3) is 0 Å². The lowest BCUT2D eigenvalue weighted by Gasteiger charge is -1.91. The minimum absolute atomic E-state index is 0.245. The molecule has 8 heavy (non-hydrogen) atoms. The van der Waals surface area contributed by atoms with E-state index in [4.69, 9.17) is 10.5 Å². The number of halogens is 1. The standard InChI is InChI=1S/C5H8FNO/c1-3(7)5(6)4(2)8/h7-8H,1-2H3/b5-4+,7-3?. The molecule has 0 aromatic heterocycles. The molecule has 0 amide bonds. The molecule has 46 valence electrons. The summed E-state index contributed by atoms with van der Waals surface area (Å²) in [5.74, 6) is -1.28. The van der Waals surface area contributed by atoms with Crippen molar-refractivity contribution in [3.8, 4) is 0 Å². The van der Waals surface area contributed by atoms with E-state index < -0.39 is 11.6 Å². The summed E-state index contributed by atoms with van der Waals surface area (Å²) in [7, 11) is 0. The van der Waals surface area contributed by atoms with Gasteiger partial charge in [-0.25, -0.2) is 4.39 Å². The lowest BCUT2D eigenvalue weighted by Crippen LogP contribution is -1.91. The van der Waals surface area contributed by atoms with Crippen LogP contribution in [0.15, 0.2) is 11.6 Å². The molecule has 0 aliphatic rings. The second-order valence-electron chi connectivity index (χ2n) is 1.52. The van der Waals surface area contributed by atoms with E-state index in [1.165, 1.54) is 13.8 Å². The molecule has 0 saturated heterocycles. The van der Waals surface area contributed by atoms with Gasteiger partial charge < -0.3 is 10.5 Å². The normalized spacial score (nSPS) is 12.9. The topological polar surface area (TPSA) is 44.1 Å². The van der Waals surface area contributed by atoms with Crippen LogP contribution < -0.4 is 0 Å². The van der Waals surface area contributed by atoms with E-state index >= 15 is 0 Å². The zero-order chi connectivity index (χ0) is 6.73. The fourth-order valence-corrected chi connectivity index (χ4v) is 0.271. The zero-order valence-corrected chi connectivity index (χ0v) is 4.83. The number of hydrogen-bond donors (Lipinski definition) is 2. The second kappa shape index (κ2) is 2.45. The van der Waals surface area contributed by atoms with Crippen LogP contribution in [0.5, 0.6) is 0 Å². The molecule has 0 rings (SSSR count). The van der Waals surface area contributed by atoms with Crippen LogP contribution in [0, 0.1) is 5.41 Å². The maximum atomic E-state index is 12.1. The van der Waals surface area contributed by atoms with Crippen molar-refractivity contribution in [1.82, 2.24) is 0 Å². The second-order valence-corrected chi connectivity index (χ2v) is 1.52. The van der Waals surface area contributed by atoms with Gasteiger partial charge >= 0.3 is 0 Å². The third-order valence-corrected chi connectivity index (χ3v) is 0.647. The molecule has 2 nitrogen and oxygen atoms in total. The van der Waals surface area contributed by atoms with Gasteiger partial charge in [0.2, 0.25) is 0 Å². The minimum Gasteiger partial charge on any atom is -0.509 e. The summed E-state index contributed by atoms with van der Waals surface area (Å²) in [6, 6.07) is 0. The van der Waals surface area contributed by atoms with Crippen LogP contribution in [0.2, 0.25) is 0 Å². The van der Waals surface area contributed by atoms with Crippen LogP contribution >= 0.6 is 0 Å². The van der Waals surface area contributed by atoms with Gasteiger partial charge in [-0.05, 0) is 13.8 Å². The molecule has 0 unspecified atom stereocenters. The Morgan fingerprint density at radius 3 is 1.88 bits per heavy atom. The predicted molar refractivity (Wildman–Crippen MR) is 29.8 cm³/mol. The summed E-state index contributed by atoms with van der Waals surface area (Å²) >= 11 is 0. The smallest absolute Gasteiger partial charge is 0.180 e. The monoisotopic (exact) mass is 117 g/mol. The van der Waals surface area contributed by atoms with Crippen LogP contribution in [-0.4, -0.2) is 10.8 Å². The molecule has 0 fully saturated rings. The Labute approximate surface area is 47.2 Å². The van der Waals surface area contributed by atoms with Crippen molar-refractivity contribution < 1.29 is 9.50 Å². The van der Waals surface area contributed by atoms with E-state index in [9.17, 15) is 4.39 Å². The number of rotatable bonds is 1. The third-order valence-electron chi connectivity index (χ3n) is 0.647. The summed E-state index contributed by atoms with van der Waals surface area (Å²) in [6.07, 6.45) is 0.